The van der Waals surface area contributed by atoms with Gasteiger partial charge in [0.05, 0.1) is 6.42 Å². The first-order valence-corrected chi connectivity index (χ1v) is 6.71. The monoisotopic (exact) mass is 278 g/mol. The molecule has 1 aromatic rings. The van der Waals surface area contributed by atoms with Crippen molar-refractivity contribution in [2.45, 2.75) is 26.8 Å². The first kappa shape index (κ1) is 16.0. The van der Waals surface area contributed by atoms with Gasteiger partial charge in [0.25, 0.3) is 0 Å². The van der Waals surface area contributed by atoms with E-state index in [0.717, 1.165) is 5.56 Å². The molecule has 5 heteroatoms. The fraction of sp³-hybridized carbons (Fsp3) is 0.467. The van der Waals surface area contributed by atoms with E-state index in [1.165, 1.54) is 5.56 Å². The van der Waals surface area contributed by atoms with E-state index in [-0.39, 0.29) is 19.0 Å². The van der Waals surface area contributed by atoms with Crippen molar-refractivity contribution < 1.29 is 14.7 Å². The van der Waals surface area contributed by atoms with Gasteiger partial charge >= 0.3 is 12.0 Å². The minimum atomic E-state index is -0.891. The van der Waals surface area contributed by atoms with Crippen LogP contribution in [0.3, 0.4) is 0 Å². The summed E-state index contributed by atoms with van der Waals surface area (Å²) < 4.78 is 0. The highest BCUT2D eigenvalue weighted by molar-refractivity contribution is 5.75. The molecular formula is C15H22N2O3. The Morgan fingerprint density at radius 3 is 2.30 bits per heavy atom. The van der Waals surface area contributed by atoms with E-state index in [1.54, 1.807) is 16.8 Å². The summed E-state index contributed by atoms with van der Waals surface area (Å²) in [4.78, 5) is 26.0. The third kappa shape index (κ3) is 4.91. The van der Waals surface area contributed by atoms with Crippen LogP contribution in [0.5, 0.6) is 0 Å². The molecule has 0 spiro atoms. The Hall–Kier alpha value is -2.04. The molecule has 0 atom stereocenters. The number of hydrogen-bond donors (Lipinski definition) is 1. The Labute approximate surface area is 119 Å². The summed E-state index contributed by atoms with van der Waals surface area (Å²) in [6, 6.07) is 7.86. The zero-order valence-corrected chi connectivity index (χ0v) is 12.3. The van der Waals surface area contributed by atoms with Crippen molar-refractivity contribution in [1.29, 1.82) is 0 Å². The van der Waals surface area contributed by atoms with Crippen LogP contribution in [0.4, 0.5) is 4.79 Å². The zero-order valence-electron chi connectivity index (χ0n) is 12.3. The van der Waals surface area contributed by atoms with Crippen molar-refractivity contribution in [2.75, 3.05) is 20.1 Å². The summed E-state index contributed by atoms with van der Waals surface area (Å²) in [5.74, 6) is -0.891. The van der Waals surface area contributed by atoms with E-state index >= 15 is 0 Å². The van der Waals surface area contributed by atoms with Gasteiger partial charge < -0.3 is 14.9 Å². The summed E-state index contributed by atoms with van der Waals surface area (Å²) in [5.41, 5.74) is 2.24. The third-order valence-corrected chi connectivity index (χ3v) is 3.11. The molecule has 20 heavy (non-hydrogen) atoms. The molecule has 0 unspecified atom stereocenters. The van der Waals surface area contributed by atoms with Crippen molar-refractivity contribution in [3.63, 3.8) is 0 Å². The van der Waals surface area contributed by atoms with Gasteiger partial charge in [0.1, 0.15) is 0 Å². The van der Waals surface area contributed by atoms with Gasteiger partial charge in [-0.05, 0) is 19.4 Å². The lowest BCUT2D eigenvalue weighted by molar-refractivity contribution is -0.137. The van der Waals surface area contributed by atoms with Gasteiger partial charge in [-0.1, -0.05) is 29.8 Å². The lowest BCUT2D eigenvalue weighted by atomic mass is 10.1. The van der Waals surface area contributed by atoms with Crippen LogP contribution in [-0.2, 0) is 11.3 Å². The van der Waals surface area contributed by atoms with Gasteiger partial charge in [-0.3, -0.25) is 4.79 Å². The molecule has 110 valence electrons. The molecule has 0 saturated heterocycles. The second kappa shape index (κ2) is 7.53. The van der Waals surface area contributed by atoms with Crippen LogP contribution >= 0.6 is 0 Å². The molecule has 0 fully saturated rings. The topological polar surface area (TPSA) is 60.9 Å². The summed E-state index contributed by atoms with van der Waals surface area (Å²) >= 11 is 0. The van der Waals surface area contributed by atoms with Gasteiger partial charge in [0.2, 0.25) is 0 Å². The number of carboxylic acids is 1. The minimum absolute atomic E-state index is 0.0298. The molecular weight excluding hydrogens is 256 g/mol. The highest BCUT2D eigenvalue weighted by atomic mass is 16.4. The molecule has 0 aliphatic carbocycles. The summed E-state index contributed by atoms with van der Waals surface area (Å²) in [6.07, 6.45) is -0.0298. The quantitative estimate of drug-likeness (QED) is 0.869. The molecule has 0 aromatic heterocycles. The highest BCUT2D eigenvalue weighted by Crippen LogP contribution is 2.08. The van der Waals surface area contributed by atoms with E-state index in [1.807, 2.05) is 38.1 Å². The van der Waals surface area contributed by atoms with E-state index < -0.39 is 5.97 Å². The first-order valence-electron chi connectivity index (χ1n) is 6.71. The molecule has 0 radical (unpaired) electrons. The van der Waals surface area contributed by atoms with Crippen LogP contribution in [-0.4, -0.2) is 47.0 Å². The number of rotatable bonds is 6. The average Bonchev–Trinajstić information content (AvgIpc) is 2.41. The largest absolute Gasteiger partial charge is 0.481 e. The number of carbonyl (C=O) groups is 2. The van der Waals surface area contributed by atoms with Gasteiger partial charge in [-0.25, -0.2) is 4.79 Å². The van der Waals surface area contributed by atoms with Crippen LogP contribution in [0, 0.1) is 6.92 Å². The molecule has 5 nitrogen and oxygen atoms in total. The molecule has 0 saturated carbocycles. The van der Waals surface area contributed by atoms with E-state index in [2.05, 4.69) is 0 Å². The average molecular weight is 278 g/mol. The molecule has 0 heterocycles. The van der Waals surface area contributed by atoms with Crippen LogP contribution < -0.4 is 0 Å². The number of benzene rings is 1. The SMILES string of the molecule is CCN(CCC(=O)O)C(=O)N(C)Cc1ccc(C)cc1. The maximum atomic E-state index is 12.2. The smallest absolute Gasteiger partial charge is 0.320 e. The number of carboxylic acid groups (broad SMARTS) is 1. The standard InChI is InChI=1S/C15H22N2O3/c1-4-17(10-9-14(18)19)15(20)16(3)11-13-7-5-12(2)6-8-13/h5-8H,4,9-11H2,1-3H3,(H,18,19). The predicted octanol–water partition coefficient (Wildman–Crippen LogP) is 2.34. The van der Waals surface area contributed by atoms with E-state index in [4.69, 9.17) is 5.11 Å². The number of urea groups is 1. The molecule has 2 amide bonds. The Morgan fingerprint density at radius 2 is 1.80 bits per heavy atom. The normalized spacial score (nSPS) is 10.2. The molecule has 0 bridgehead atoms. The Bertz CT molecular complexity index is 457. The number of aryl methyl sites for hydroxylation is 1. The zero-order chi connectivity index (χ0) is 15.1. The summed E-state index contributed by atoms with van der Waals surface area (Å²) in [6.45, 7) is 5.12. The van der Waals surface area contributed by atoms with Gasteiger partial charge in [-0.2, -0.15) is 0 Å². The van der Waals surface area contributed by atoms with Crippen molar-refractivity contribution in [3.05, 3.63) is 35.4 Å². The maximum Gasteiger partial charge on any atom is 0.320 e. The first-order chi connectivity index (χ1) is 9.43. The van der Waals surface area contributed by atoms with Crippen molar-refractivity contribution >= 4 is 12.0 Å². The molecule has 1 rings (SSSR count). The number of amides is 2. The van der Waals surface area contributed by atoms with Crippen LogP contribution in [0.2, 0.25) is 0 Å². The second-order valence-electron chi connectivity index (χ2n) is 4.85. The molecule has 0 aliphatic rings. The Kier molecular flexibility index (Phi) is 6.03. The lowest BCUT2D eigenvalue weighted by Gasteiger charge is -2.27. The second-order valence-corrected chi connectivity index (χ2v) is 4.85. The van der Waals surface area contributed by atoms with E-state index in [9.17, 15) is 9.59 Å². The number of aliphatic carboxylic acids is 1. The Balaban J connectivity index is 2.59. The van der Waals surface area contributed by atoms with Gasteiger partial charge in [0, 0.05) is 26.7 Å². The fourth-order valence-electron chi connectivity index (χ4n) is 1.90. The Morgan fingerprint density at radius 1 is 1.20 bits per heavy atom. The molecule has 1 N–H and O–H groups in total. The van der Waals surface area contributed by atoms with Gasteiger partial charge in [0.15, 0.2) is 0 Å². The summed E-state index contributed by atoms with van der Waals surface area (Å²) in [7, 11) is 1.73. The third-order valence-electron chi connectivity index (χ3n) is 3.11. The lowest BCUT2D eigenvalue weighted by Crippen LogP contribution is -2.41. The predicted molar refractivity (Wildman–Crippen MR) is 77.5 cm³/mol. The van der Waals surface area contributed by atoms with Crippen LogP contribution in [0.25, 0.3) is 0 Å². The molecule has 1 aromatic carbocycles. The maximum absolute atomic E-state index is 12.2. The highest BCUT2D eigenvalue weighted by Gasteiger charge is 2.17. The van der Waals surface area contributed by atoms with Crippen molar-refractivity contribution in [1.82, 2.24) is 9.80 Å². The number of hydrogen-bond acceptors (Lipinski definition) is 2. The van der Waals surface area contributed by atoms with Crippen molar-refractivity contribution in [2.24, 2.45) is 0 Å². The van der Waals surface area contributed by atoms with Crippen molar-refractivity contribution in [3.8, 4) is 0 Å². The van der Waals surface area contributed by atoms with E-state index in [0.29, 0.717) is 13.1 Å². The summed E-state index contributed by atoms with van der Waals surface area (Å²) in [5, 5.41) is 8.69. The minimum Gasteiger partial charge on any atom is -0.481 e. The number of carbonyl (C=O) groups excluding carboxylic acids is 1. The van der Waals surface area contributed by atoms with Gasteiger partial charge in [-0.15, -0.1) is 0 Å². The fourth-order valence-corrected chi connectivity index (χ4v) is 1.90. The molecule has 0 aliphatic heterocycles. The number of nitrogens with zero attached hydrogens (tertiary/aromatic N) is 2. The van der Waals surface area contributed by atoms with Crippen LogP contribution in [0.15, 0.2) is 24.3 Å². The van der Waals surface area contributed by atoms with Crippen LogP contribution in [0.1, 0.15) is 24.5 Å².